The Balaban J connectivity index is 1.19. The highest BCUT2D eigenvalue weighted by Crippen LogP contribution is 2.42. The molecule has 2 fully saturated rings. The van der Waals surface area contributed by atoms with Gasteiger partial charge in [0.1, 0.15) is 22.7 Å². The summed E-state index contributed by atoms with van der Waals surface area (Å²) in [5.74, 6) is 2.04. The average Bonchev–Trinajstić information content (AvgIpc) is 3.24. The highest BCUT2D eigenvalue weighted by molar-refractivity contribution is 7.19. The molecule has 2 aromatic heterocycles. The molecule has 8 heteroatoms. The minimum absolute atomic E-state index is 0.0806. The molecule has 3 aliphatic rings. The van der Waals surface area contributed by atoms with Crippen LogP contribution >= 0.6 is 11.3 Å². The Hall–Kier alpha value is -2.71. The van der Waals surface area contributed by atoms with Crippen LogP contribution in [0.2, 0.25) is 0 Å². The molecule has 0 radical (unpaired) electrons. The summed E-state index contributed by atoms with van der Waals surface area (Å²) in [6.45, 7) is 8.41. The summed E-state index contributed by atoms with van der Waals surface area (Å²) in [6, 6.07) is 4.74. The van der Waals surface area contributed by atoms with Gasteiger partial charge in [0.15, 0.2) is 0 Å². The molecule has 2 saturated heterocycles. The van der Waals surface area contributed by atoms with Crippen molar-refractivity contribution < 1.29 is 9.53 Å². The highest BCUT2D eigenvalue weighted by atomic mass is 32.1. The van der Waals surface area contributed by atoms with Gasteiger partial charge < -0.3 is 15.0 Å². The molecule has 1 aromatic carbocycles. The van der Waals surface area contributed by atoms with Crippen LogP contribution in [0.5, 0.6) is 5.75 Å². The first kappa shape index (κ1) is 23.7. The first-order valence-electron chi connectivity index (χ1n) is 13.2. The lowest BCUT2D eigenvalue weighted by Gasteiger charge is -2.47. The maximum Gasteiger partial charge on any atom is 0.226 e. The number of rotatable bonds is 5. The second-order valence-corrected chi connectivity index (χ2v) is 11.7. The minimum Gasteiger partial charge on any atom is -0.495 e. The van der Waals surface area contributed by atoms with Crippen molar-refractivity contribution in [1.82, 2.24) is 19.8 Å². The quantitative estimate of drug-likeness (QED) is 0.534. The highest BCUT2D eigenvalue weighted by Gasteiger charge is 2.39. The fourth-order valence-electron chi connectivity index (χ4n) is 6.01. The predicted octanol–water partition coefficient (Wildman–Crippen LogP) is 4.86. The molecule has 7 nitrogen and oxygen atoms in total. The van der Waals surface area contributed by atoms with E-state index in [0.717, 1.165) is 59.8 Å². The number of carbonyl (C=O) groups is 1. The molecule has 1 unspecified atom stereocenters. The number of hydrogen-bond acceptors (Lipinski definition) is 7. The second kappa shape index (κ2) is 9.63. The van der Waals surface area contributed by atoms with Crippen molar-refractivity contribution in [2.45, 2.75) is 58.4 Å². The average molecular weight is 506 g/mol. The van der Waals surface area contributed by atoms with Gasteiger partial charge in [0.25, 0.3) is 0 Å². The van der Waals surface area contributed by atoms with Gasteiger partial charge in [-0.1, -0.05) is 6.42 Å². The largest absolute Gasteiger partial charge is 0.495 e. The topological polar surface area (TPSA) is 70.6 Å². The second-order valence-electron chi connectivity index (χ2n) is 10.6. The van der Waals surface area contributed by atoms with Crippen molar-refractivity contribution >= 4 is 39.0 Å². The molecule has 3 aromatic rings. The van der Waals surface area contributed by atoms with Gasteiger partial charge in [0.05, 0.1) is 18.2 Å². The molecule has 4 heterocycles. The van der Waals surface area contributed by atoms with Gasteiger partial charge in [-0.2, -0.15) is 0 Å². The number of methoxy groups -OCH3 is 1. The summed E-state index contributed by atoms with van der Waals surface area (Å²) in [5, 5.41) is 4.62. The number of piperidine rings is 1. The number of carbonyl (C=O) groups excluding carboxylic acids is 1. The van der Waals surface area contributed by atoms with Crippen molar-refractivity contribution in [2.24, 2.45) is 5.92 Å². The van der Waals surface area contributed by atoms with E-state index in [1.807, 2.05) is 0 Å². The first-order chi connectivity index (χ1) is 17.5. The van der Waals surface area contributed by atoms with Gasteiger partial charge in [-0.15, -0.1) is 11.3 Å². The molecule has 1 amide bonds. The monoisotopic (exact) mass is 505 g/mol. The smallest absolute Gasteiger partial charge is 0.226 e. The number of benzene rings is 1. The summed E-state index contributed by atoms with van der Waals surface area (Å²) in [7, 11) is 1.70. The zero-order valence-electron chi connectivity index (χ0n) is 21.5. The molecule has 1 atom stereocenters. The lowest BCUT2D eigenvalue weighted by atomic mass is 9.86. The number of likely N-dealkylation sites (tertiary alicyclic amines) is 2. The standard InChI is InChI=1S/C28H35N5O2S/c1-17-11-22(23(35-3)12-18(17)2)31-26-25-21-8-7-19(13-24(21)36-27(25)30-16-29-26)28(34)33-14-20(15-33)32-9-5-4-6-10-32/h11-12,16,19-20H,4-10,13-15H2,1-3H3,(H,29,30,31). The van der Waals surface area contributed by atoms with E-state index >= 15 is 0 Å². The van der Waals surface area contributed by atoms with Gasteiger partial charge in [-0.25, -0.2) is 9.97 Å². The third kappa shape index (κ3) is 4.24. The number of ether oxygens (including phenoxy) is 1. The normalized spacial score (nSPS) is 20.8. The Labute approximate surface area is 216 Å². The molecule has 6 rings (SSSR count). The fourth-order valence-corrected chi connectivity index (χ4v) is 7.27. The van der Waals surface area contributed by atoms with Crippen molar-refractivity contribution in [3.8, 4) is 5.75 Å². The maximum atomic E-state index is 13.3. The van der Waals surface area contributed by atoms with Crippen LogP contribution in [0.15, 0.2) is 18.5 Å². The van der Waals surface area contributed by atoms with E-state index in [-0.39, 0.29) is 5.92 Å². The number of aromatic nitrogens is 2. The predicted molar refractivity (Wildman–Crippen MR) is 144 cm³/mol. The number of thiophene rings is 1. The molecule has 2 aliphatic heterocycles. The van der Waals surface area contributed by atoms with Gasteiger partial charge in [-0.3, -0.25) is 9.69 Å². The SMILES string of the molecule is COc1cc(C)c(C)cc1Nc1ncnc2sc3c(c12)CCC(C(=O)N1CC(N2CCCCC2)C1)C3. The third-order valence-electron chi connectivity index (χ3n) is 8.34. The molecule has 0 spiro atoms. The summed E-state index contributed by atoms with van der Waals surface area (Å²) < 4.78 is 5.64. The number of anilines is 2. The molecular weight excluding hydrogens is 470 g/mol. The molecular formula is C28H35N5O2S. The summed E-state index contributed by atoms with van der Waals surface area (Å²) >= 11 is 1.72. The number of fused-ring (bicyclic) bond motifs is 3. The van der Waals surface area contributed by atoms with Crippen LogP contribution < -0.4 is 10.1 Å². The number of nitrogens with one attached hydrogen (secondary N) is 1. The van der Waals surface area contributed by atoms with E-state index in [1.165, 1.54) is 53.9 Å². The van der Waals surface area contributed by atoms with Crippen LogP contribution in [0.25, 0.3) is 10.2 Å². The lowest BCUT2D eigenvalue weighted by molar-refractivity contribution is -0.143. The molecule has 0 saturated carbocycles. The maximum absolute atomic E-state index is 13.3. The van der Waals surface area contributed by atoms with Gasteiger partial charge >= 0.3 is 0 Å². The van der Waals surface area contributed by atoms with Crippen LogP contribution in [0, 0.1) is 19.8 Å². The number of nitrogens with zero attached hydrogens (tertiary/aromatic N) is 4. The molecule has 1 aliphatic carbocycles. The van der Waals surface area contributed by atoms with E-state index in [2.05, 4.69) is 51.1 Å². The van der Waals surface area contributed by atoms with E-state index < -0.39 is 0 Å². The Morgan fingerprint density at radius 2 is 1.89 bits per heavy atom. The van der Waals surface area contributed by atoms with Crippen molar-refractivity contribution in [2.75, 3.05) is 38.6 Å². The molecule has 0 bridgehead atoms. The van der Waals surface area contributed by atoms with Gasteiger partial charge in [-0.05, 0) is 87.9 Å². The summed E-state index contributed by atoms with van der Waals surface area (Å²) in [6.07, 6.45) is 8.18. The Kier molecular flexibility index (Phi) is 6.33. The Bertz CT molecular complexity index is 1290. The molecule has 36 heavy (non-hydrogen) atoms. The van der Waals surface area contributed by atoms with E-state index in [1.54, 1.807) is 24.8 Å². The lowest BCUT2D eigenvalue weighted by Crippen LogP contribution is -2.63. The van der Waals surface area contributed by atoms with Crippen molar-refractivity contribution in [3.63, 3.8) is 0 Å². The Morgan fingerprint density at radius 3 is 2.67 bits per heavy atom. The zero-order chi connectivity index (χ0) is 24.8. The first-order valence-corrected chi connectivity index (χ1v) is 14.0. The third-order valence-corrected chi connectivity index (χ3v) is 9.51. The van der Waals surface area contributed by atoms with Crippen LogP contribution in [-0.2, 0) is 17.6 Å². The van der Waals surface area contributed by atoms with E-state index in [9.17, 15) is 4.79 Å². The zero-order valence-corrected chi connectivity index (χ0v) is 22.3. The fraction of sp³-hybridized carbons (Fsp3) is 0.536. The van der Waals surface area contributed by atoms with Gasteiger partial charge in [0, 0.05) is 29.9 Å². The molecule has 190 valence electrons. The van der Waals surface area contributed by atoms with E-state index in [0.29, 0.717) is 11.9 Å². The molecule has 1 N–H and O–H groups in total. The minimum atomic E-state index is 0.0806. The number of amides is 1. The van der Waals surface area contributed by atoms with Crippen LogP contribution in [0.1, 0.15) is 47.3 Å². The Morgan fingerprint density at radius 1 is 1.11 bits per heavy atom. The van der Waals surface area contributed by atoms with Gasteiger partial charge in [0.2, 0.25) is 5.91 Å². The summed E-state index contributed by atoms with van der Waals surface area (Å²) in [4.78, 5) is 29.5. The number of hydrogen-bond donors (Lipinski definition) is 1. The van der Waals surface area contributed by atoms with E-state index in [4.69, 9.17) is 4.74 Å². The van der Waals surface area contributed by atoms with Crippen molar-refractivity contribution in [1.29, 1.82) is 0 Å². The van der Waals surface area contributed by atoms with Crippen LogP contribution in [-0.4, -0.2) is 65.0 Å². The van der Waals surface area contributed by atoms with Crippen LogP contribution in [0.4, 0.5) is 11.5 Å². The van der Waals surface area contributed by atoms with Crippen molar-refractivity contribution in [3.05, 3.63) is 40.0 Å². The summed E-state index contributed by atoms with van der Waals surface area (Å²) in [5.41, 5.74) is 4.61. The number of aryl methyl sites for hydroxylation is 3. The van der Waals surface area contributed by atoms with Crippen LogP contribution in [0.3, 0.4) is 0 Å².